The van der Waals surface area contributed by atoms with Crippen LogP contribution in [-0.4, -0.2) is 77.3 Å². The Kier molecular flexibility index (Phi) is 13.0. The first-order valence-corrected chi connectivity index (χ1v) is 5.65. The highest BCUT2D eigenvalue weighted by molar-refractivity contribution is 5.88. The molecule has 0 aromatic carbocycles. The van der Waals surface area contributed by atoms with E-state index in [0.29, 0.717) is 0 Å². The fraction of sp³-hybridized carbons (Fsp3) is 0.545. The number of hydrogen-bond acceptors (Lipinski definition) is 7. The minimum absolute atomic E-state index is 0.833. The zero-order valence-corrected chi connectivity index (χ0v) is 12.2. The molecule has 0 radical (unpaired) electrons. The molecule has 0 aliphatic rings. The summed E-state index contributed by atoms with van der Waals surface area (Å²) in [7, 11) is 0. The van der Waals surface area contributed by atoms with Gasteiger partial charge in [-0.25, -0.2) is 9.59 Å². The van der Waals surface area contributed by atoms with Gasteiger partial charge < -0.3 is 35.7 Å². The molecule has 1 unspecified atom stereocenters. The molecule has 0 rings (SSSR count). The summed E-state index contributed by atoms with van der Waals surface area (Å²) >= 11 is 0. The first kappa shape index (κ1) is 25.2. The molecule has 0 bridgehead atoms. The molecular formula is C11H18O12. The Labute approximate surface area is 129 Å². The number of aliphatic hydroxyl groups is 2. The molecule has 0 aromatic rings. The molecule has 0 aliphatic heterocycles. The van der Waals surface area contributed by atoms with E-state index in [1.807, 2.05) is 0 Å². The van der Waals surface area contributed by atoms with Gasteiger partial charge in [0.1, 0.15) is 6.10 Å². The Bertz CT molecular complexity index is 418. The van der Waals surface area contributed by atoms with Gasteiger partial charge in [0.05, 0.1) is 12.8 Å². The summed E-state index contributed by atoms with van der Waals surface area (Å²) in [4.78, 5) is 48.9. The Balaban J connectivity index is -0.000000330. The van der Waals surface area contributed by atoms with Gasteiger partial charge in [0.2, 0.25) is 0 Å². The van der Waals surface area contributed by atoms with Crippen LogP contribution in [0.1, 0.15) is 26.7 Å². The molecule has 0 heterocycles. The summed E-state index contributed by atoms with van der Waals surface area (Å²) in [5.41, 5.74) is -2.74. The third-order valence-electron chi connectivity index (χ3n) is 1.64. The van der Waals surface area contributed by atoms with Gasteiger partial charge in [0.15, 0.2) is 5.60 Å². The second-order valence-electron chi connectivity index (χ2n) is 4.01. The lowest BCUT2D eigenvalue weighted by Gasteiger charge is -2.18. The molecule has 12 heteroatoms. The van der Waals surface area contributed by atoms with Crippen molar-refractivity contribution in [2.45, 2.75) is 38.4 Å². The molecule has 0 amide bonds. The Morgan fingerprint density at radius 1 is 0.870 bits per heavy atom. The predicted octanol–water partition coefficient (Wildman–Crippen LogP) is -1.71. The van der Waals surface area contributed by atoms with Gasteiger partial charge >= 0.3 is 23.9 Å². The third kappa shape index (κ3) is 19.3. The lowest BCUT2D eigenvalue weighted by atomic mass is 9.96. The van der Waals surface area contributed by atoms with E-state index in [1.165, 1.54) is 6.92 Å². The number of aliphatic hydroxyl groups excluding tert-OH is 1. The van der Waals surface area contributed by atoms with Crippen LogP contribution >= 0.6 is 0 Å². The SMILES string of the molecule is CC(=O)O.CC(O)C(=O)O.O=C(O)CC(O)(CC(=O)O)C(=O)O. The zero-order valence-electron chi connectivity index (χ0n) is 12.2. The van der Waals surface area contributed by atoms with E-state index in [9.17, 15) is 19.2 Å². The molecule has 0 fully saturated rings. The Morgan fingerprint density at radius 3 is 1.17 bits per heavy atom. The largest absolute Gasteiger partial charge is 0.481 e. The Hall–Kier alpha value is -2.73. The van der Waals surface area contributed by atoms with Crippen molar-refractivity contribution >= 4 is 29.8 Å². The maximum atomic E-state index is 10.3. The summed E-state index contributed by atoms with van der Waals surface area (Å²) in [6, 6.07) is 0. The molecule has 134 valence electrons. The van der Waals surface area contributed by atoms with Crippen LogP contribution in [0, 0.1) is 0 Å². The molecule has 0 saturated heterocycles. The van der Waals surface area contributed by atoms with Gasteiger partial charge in [-0.1, -0.05) is 0 Å². The van der Waals surface area contributed by atoms with Crippen molar-refractivity contribution in [1.82, 2.24) is 0 Å². The first-order valence-electron chi connectivity index (χ1n) is 5.65. The van der Waals surface area contributed by atoms with E-state index < -0.39 is 54.4 Å². The highest BCUT2D eigenvalue weighted by Crippen LogP contribution is 2.15. The standard InChI is InChI=1S/C6H8O7.C3H6O3.C2H4O2/c7-3(8)1-6(13,5(11)12)2-4(9)10;1-2(4)3(5)6;1-2(3)4/h13H,1-2H2,(H,7,8)(H,9,10)(H,11,12);2,4H,1H3,(H,5,6);1H3,(H,3,4). The number of aliphatic carboxylic acids is 5. The molecule has 1 atom stereocenters. The van der Waals surface area contributed by atoms with Crippen molar-refractivity contribution in [2.75, 3.05) is 0 Å². The minimum Gasteiger partial charge on any atom is -0.481 e. The fourth-order valence-electron chi connectivity index (χ4n) is 0.714. The van der Waals surface area contributed by atoms with Crippen molar-refractivity contribution in [3.63, 3.8) is 0 Å². The van der Waals surface area contributed by atoms with Crippen LogP contribution in [0.4, 0.5) is 0 Å². The smallest absolute Gasteiger partial charge is 0.336 e. The number of carbonyl (C=O) groups is 5. The number of carboxylic acid groups (broad SMARTS) is 5. The second-order valence-corrected chi connectivity index (χ2v) is 4.01. The summed E-state index contributed by atoms with van der Waals surface area (Å²) in [6.07, 6.45) is -3.52. The first-order chi connectivity index (χ1) is 10.2. The van der Waals surface area contributed by atoms with Gasteiger partial charge in [-0.05, 0) is 6.92 Å². The zero-order chi connectivity index (χ0) is 19.4. The number of rotatable bonds is 6. The van der Waals surface area contributed by atoms with E-state index in [-0.39, 0.29) is 0 Å². The maximum absolute atomic E-state index is 10.3. The molecular weight excluding hydrogens is 324 g/mol. The van der Waals surface area contributed by atoms with Crippen LogP contribution < -0.4 is 0 Å². The van der Waals surface area contributed by atoms with E-state index in [4.69, 9.17) is 40.5 Å². The minimum atomic E-state index is -2.74. The lowest BCUT2D eigenvalue weighted by Crippen LogP contribution is -2.42. The Morgan fingerprint density at radius 2 is 1.09 bits per heavy atom. The highest BCUT2D eigenvalue weighted by Gasteiger charge is 2.40. The summed E-state index contributed by atoms with van der Waals surface area (Å²) in [6.45, 7) is 2.28. The highest BCUT2D eigenvalue weighted by atomic mass is 16.4. The van der Waals surface area contributed by atoms with E-state index >= 15 is 0 Å². The van der Waals surface area contributed by atoms with Gasteiger partial charge in [0, 0.05) is 6.92 Å². The van der Waals surface area contributed by atoms with Crippen LogP contribution in [0.3, 0.4) is 0 Å². The normalized spacial score (nSPS) is 10.8. The molecule has 0 spiro atoms. The van der Waals surface area contributed by atoms with Gasteiger partial charge in [-0.15, -0.1) is 0 Å². The lowest BCUT2D eigenvalue weighted by molar-refractivity contribution is -0.170. The topological polar surface area (TPSA) is 227 Å². The molecule has 0 aliphatic carbocycles. The average molecular weight is 342 g/mol. The third-order valence-corrected chi connectivity index (χ3v) is 1.64. The molecule has 0 saturated carbocycles. The second kappa shape index (κ2) is 11.9. The van der Waals surface area contributed by atoms with Gasteiger partial charge in [0.25, 0.3) is 5.97 Å². The van der Waals surface area contributed by atoms with Crippen molar-refractivity contribution in [3.8, 4) is 0 Å². The van der Waals surface area contributed by atoms with Gasteiger partial charge in [-0.2, -0.15) is 0 Å². The monoisotopic (exact) mass is 342 g/mol. The van der Waals surface area contributed by atoms with E-state index in [0.717, 1.165) is 6.92 Å². The van der Waals surface area contributed by atoms with Crippen LogP contribution in [0.15, 0.2) is 0 Å². The summed E-state index contributed by atoms with van der Waals surface area (Å²) in [5.74, 6) is -7.04. The molecule has 7 N–H and O–H groups in total. The van der Waals surface area contributed by atoms with Crippen molar-refractivity contribution < 1.29 is 59.7 Å². The fourth-order valence-corrected chi connectivity index (χ4v) is 0.714. The predicted molar refractivity (Wildman–Crippen MR) is 69.7 cm³/mol. The molecule has 0 aromatic heterocycles. The van der Waals surface area contributed by atoms with Gasteiger partial charge in [-0.3, -0.25) is 14.4 Å². The van der Waals surface area contributed by atoms with Crippen molar-refractivity contribution in [2.24, 2.45) is 0 Å². The summed E-state index contributed by atoms with van der Waals surface area (Å²) < 4.78 is 0. The van der Waals surface area contributed by atoms with Crippen LogP contribution in [0.25, 0.3) is 0 Å². The van der Waals surface area contributed by atoms with Crippen molar-refractivity contribution in [1.29, 1.82) is 0 Å². The van der Waals surface area contributed by atoms with Crippen LogP contribution in [0.2, 0.25) is 0 Å². The van der Waals surface area contributed by atoms with Crippen molar-refractivity contribution in [3.05, 3.63) is 0 Å². The molecule has 12 nitrogen and oxygen atoms in total. The number of hydrogen-bond donors (Lipinski definition) is 7. The van der Waals surface area contributed by atoms with Crippen LogP contribution in [-0.2, 0) is 24.0 Å². The van der Waals surface area contributed by atoms with E-state index in [1.54, 1.807) is 0 Å². The molecule has 23 heavy (non-hydrogen) atoms. The average Bonchev–Trinajstić information content (AvgIpc) is 2.25. The summed E-state index contributed by atoms with van der Waals surface area (Å²) in [5, 5.41) is 57.0. The van der Waals surface area contributed by atoms with Crippen LogP contribution in [0.5, 0.6) is 0 Å². The maximum Gasteiger partial charge on any atom is 0.336 e. The number of carboxylic acids is 5. The quantitative estimate of drug-likeness (QED) is 0.286. The van der Waals surface area contributed by atoms with E-state index in [2.05, 4.69) is 0 Å².